The van der Waals surface area contributed by atoms with E-state index in [2.05, 4.69) is 15.5 Å². The minimum absolute atomic E-state index is 0.165. The topological polar surface area (TPSA) is 86.5 Å². The van der Waals surface area contributed by atoms with Crippen LogP contribution < -0.4 is 10.1 Å². The van der Waals surface area contributed by atoms with E-state index in [1.807, 2.05) is 55.5 Å². The molecule has 5 rings (SSSR count). The zero-order valence-electron chi connectivity index (χ0n) is 18.1. The van der Waals surface area contributed by atoms with Crippen molar-refractivity contribution in [2.24, 2.45) is 0 Å². The van der Waals surface area contributed by atoms with Gasteiger partial charge in [0.2, 0.25) is 0 Å². The van der Waals surface area contributed by atoms with Crippen molar-refractivity contribution in [3.05, 3.63) is 64.9 Å². The molecule has 0 saturated carbocycles. The summed E-state index contributed by atoms with van der Waals surface area (Å²) in [6.45, 7) is 3.27. The van der Waals surface area contributed by atoms with E-state index in [1.54, 1.807) is 11.8 Å². The molecule has 4 aromatic rings. The number of hydrogen-bond donors (Lipinski definition) is 1. The number of ether oxygens (including phenoxy) is 2. The third kappa shape index (κ3) is 5.21. The SMILES string of the molecule is Cc1nnc(SCc2c(C(=O)Nc3ccc(OCC4CCCO4)cc3)oc3ccccc23)s1. The summed E-state index contributed by atoms with van der Waals surface area (Å²) in [6, 6.07) is 15.0. The van der Waals surface area contributed by atoms with Crippen LogP contribution in [-0.4, -0.2) is 35.4 Å². The van der Waals surface area contributed by atoms with E-state index in [9.17, 15) is 4.79 Å². The molecule has 9 heteroatoms. The molecule has 0 radical (unpaired) electrons. The van der Waals surface area contributed by atoms with Gasteiger partial charge in [-0.3, -0.25) is 4.79 Å². The molecule has 1 N–H and O–H groups in total. The maximum Gasteiger partial charge on any atom is 0.291 e. The van der Waals surface area contributed by atoms with E-state index >= 15 is 0 Å². The fraction of sp³-hybridized carbons (Fsp3) is 0.292. The molecule has 1 fully saturated rings. The number of rotatable bonds is 8. The van der Waals surface area contributed by atoms with Crippen LogP contribution in [0.25, 0.3) is 11.0 Å². The molecule has 0 spiro atoms. The highest BCUT2D eigenvalue weighted by Crippen LogP contribution is 2.33. The van der Waals surface area contributed by atoms with E-state index in [-0.39, 0.29) is 12.0 Å². The average molecular weight is 482 g/mol. The molecular formula is C24H23N3O4S2. The van der Waals surface area contributed by atoms with E-state index in [4.69, 9.17) is 13.9 Å². The number of hydrogen-bond acceptors (Lipinski definition) is 8. The standard InChI is InChI=1S/C24H23N3O4S2/c1-15-26-27-24(33-15)32-14-20-19-6-2-3-7-21(19)31-22(20)23(28)25-16-8-10-17(11-9-16)30-13-18-5-4-12-29-18/h2-3,6-11,18H,4-5,12-14H2,1H3,(H,25,28). The number of thioether (sulfide) groups is 1. The number of anilines is 1. The average Bonchev–Trinajstić information content (AvgIpc) is 3.57. The predicted molar refractivity (Wildman–Crippen MR) is 129 cm³/mol. The Morgan fingerprint density at radius 2 is 2.06 bits per heavy atom. The van der Waals surface area contributed by atoms with Crippen LogP contribution >= 0.6 is 23.1 Å². The molecule has 0 aliphatic carbocycles. The maximum absolute atomic E-state index is 13.1. The van der Waals surface area contributed by atoms with Gasteiger partial charge < -0.3 is 19.2 Å². The van der Waals surface area contributed by atoms with Crippen LogP contribution in [0.1, 0.15) is 34.0 Å². The Balaban J connectivity index is 1.29. The Bertz CT molecular complexity index is 1250. The number of nitrogens with one attached hydrogen (secondary N) is 1. The van der Waals surface area contributed by atoms with E-state index in [0.29, 0.717) is 29.4 Å². The number of aromatic nitrogens is 2. The zero-order valence-corrected chi connectivity index (χ0v) is 19.7. The lowest BCUT2D eigenvalue weighted by Crippen LogP contribution is -2.16. The second kappa shape index (κ2) is 9.94. The molecule has 1 atom stereocenters. The molecule has 7 nitrogen and oxygen atoms in total. The summed E-state index contributed by atoms with van der Waals surface area (Å²) >= 11 is 3.08. The van der Waals surface area contributed by atoms with Gasteiger partial charge in [0.15, 0.2) is 10.1 Å². The highest BCUT2D eigenvalue weighted by Gasteiger charge is 2.21. The molecule has 1 amide bonds. The summed E-state index contributed by atoms with van der Waals surface area (Å²) in [5.41, 5.74) is 2.20. The first kappa shape index (κ1) is 21.9. The molecule has 170 valence electrons. The summed E-state index contributed by atoms with van der Waals surface area (Å²) in [7, 11) is 0. The minimum Gasteiger partial charge on any atom is -0.491 e. The summed E-state index contributed by atoms with van der Waals surface area (Å²) in [5.74, 6) is 1.33. The molecule has 1 aliphatic heterocycles. The molecule has 0 bridgehead atoms. The van der Waals surface area contributed by atoms with Crippen molar-refractivity contribution in [2.75, 3.05) is 18.5 Å². The van der Waals surface area contributed by atoms with Crippen LogP contribution in [0, 0.1) is 6.92 Å². The van der Waals surface area contributed by atoms with Crippen LogP contribution in [0.2, 0.25) is 0 Å². The number of aryl methyl sites for hydroxylation is 1. The van der Waals surface area contributed by atoms with Gasteiger partial charge in [-0.05, 0) is 50.1 Å². The third-order valence-corrected chi connectivity index (χ3v) is 7.32. The number of amides is 1. The fourth-order valence-electron chi connectivity index (χ4n) is 3.68. The van der Waals surface area contributed by atoms with Gasteiger partial charge in [-0.15, -0.1) is 10.2 Å². The Hall–Kier alpha value is -2.88. The van der Waals surface area contributed by atoms with Crippen LogP contribution in [-0.2, 0) is 10.5 Å². The summed E-state index contributed by atoms with van der Waals surface area (Å²) in [5, 5.41) is 13.0. The van der Waals surface area contributed by atoms with E-state index < -0.39 is 0 Å². The number of benzene rings is 2. The summed E-state index contributed by atoms with van der Waals surface area (Å²) in [4.78, 5) is 13.1. The second-order valence-corrected chi connectivity index (χ2v) is 10.1. The predicted octanol–water partition coefficient (Wildman–Crippen LogP) is 5.70. The number of para-hydroxylation sites is 1. The van der Waals surface area contributed by atoms with Crippen molar-refractivity contribution in [1.82, 2.24) is 10.2 Å². The van der Waals surface area contributed by atoms with Crippen molar-refractivity contribution < 1.29 is 18.7 Å². The molecule has 2 aromatic carbocycles. The van der Waals surface area contributed by atoms with Gasteiger partial charge in [-0.1, -0.05) is 41.3 Å². The number of carbonyl (C=O) groups excluding carboxylic acids is 1. The van der Waals surface area contributed by atoms with E-state index in [0.717, 1.165) is 45.5 Å². The summed E-state index contributed by atoms with van der Waals surface area (Å²) in [6.07, 6.45) is 2.28. The Labute approximate surface area is 199 Å². The molecular weight excluding hydrogens is 458 g/mol. The van der Waals surface area contributed by atoms with Gasteiger partial charge in [-0.25, -0.2) is 0 Å². The lowest BCUT2D eigenvalue weighted by atomic mass is 10.1. The number of carbonyl (C=O) groups is 1. The number of fused-ring (bicyclic) bond motifs is 1. The molecule has 3 heterocycles. The Morgan fingerprint density at radius 3 is 2.82 bits per heavy atom. The Morgan fingerprint density at radius 1 is 1.21 bits per heavy atom. The number of nitrogens with zero attached hydrogens (tertiary/aromatic N) is 2. The van der Waals surface area contributed by atoms with Crippen LogP contribution in [0.15, 0.2) is 57.3 Å². The Kier molecular flexibility index (Phi) is 6.61. The van der Waals surface area contributed by atoms with Crippen molar-refractivity contribution in [2.45, 2.75) is 36.0 Å². The van der Waals surface area contributed by atoms with Crippen molar-refractivity contribution in [3.63, 3.8) is 0 Å². The second-order valence-electron chi connectivity index (χ2n) is 7.71. The molecule has 1 aliphatic rings. The fourth-order valence-corrected chi connectivity index (χ4v) is 5.53. The molecule has 1 unspecified atom stereocenters. The van der Waals surface area contributed by atoms with E-state index in [1.165, 1.54) is 11.3 Å². The smallest absolute Gasteiger partial charge is 0.291 e. The number of furan rings is 1. The molecule has 33 heavy (non-hydrogen) atoms. The summed E-state index contributed by atoms with van der Waals surface area (Å²) < 4.78 is 18.2. The van der Waals surface area contributed by atoms with Crippen molar-refractivity contribution >= 4 is 45.7 Å². The first-order valence-corrected chi connectivity index (χ1v) is 12.5. The quantitative estimate of drug-likeness (QED) is 0.323. The lowest BCUT2D eigenvalue weighted by molar-refractivity contribution is 0.0679. The molecule has 2 aromatic heterocycles. The molecule has 1 saturated heterocycles. The van der Waals surface area contributed by atoms with Crippen molar-refractivity contribution in [3.8, 4) is 5.75 Å². The zero-order chi connectivity index (χ0) is 22.6. The van der Waals surface area contributed by atoms with Crippen LogP contribution in [0.5, 0.6) is 5.75 Å². The first-order chi connectivity index (χ1) is 16.2. The van der Waals surface area contributed by atoms with Crippen LogP contribution in [0.3, 0.4) is 0 Å². The van der Waals surface area contributed by atoms with Gasteiger partial charge in [0.25, 0.3) is 5.91 Å². The van der Waals surface area contributed by atoms with Gasteiger partial charge in [0.05, 0.1) is 6.10 Å². The third-order valence-electron chi connectivity index (χ3n) is 5.32. The minimum atomic E-state index is -0.289. The normalized spacial score (nSPS) is 15.7. The highest BCUT2D eigenvalue weighted by molar-refractivity contribution is 8.00. The largest absolute Gasteiger partial charge is 0.491 e. The van der Waals surface area contributed by atoms with Gasteiger partial charge in [-0.2, -0.15) is 0 Å². The lowest BCUT2D eigenvalue weighted by Gasteiger charge is -2.12. The first-order valence-electron chi connectivity index (χ1n) is 10.7. The van der Waals surface area contributed by atoms with Crippen molar-refractivity contribution in [1.29, 1.82) is 0 Å². The van der Waals surface area contributed by atoms with Gasteiger partial charge in [0, 0.05) is 29.0 Å². The maximum atomic E-state index is 13.1. The van der Waals surface area contributed by atoms with Gasteiger partial charge in [0.1, 0.15) is 22.9 Å². The monoisotopic (exact) mass is 481 g/mol. The van der Waals surface area contributed by atoms with Gasteiger partial charge >= 0.3 is 0 Å². The highest BCUT2D eigenvalue weighted by atomic mass is 32.2. The van der Waals surface area contributed by atoms with Crippen LogP contribution in [0.4, 0.5) is 5.69 Å².